The molecule has 0 bridgehead atoms. The van der Waals surface area contributed by atoms with Gasteiger partial charge in [0, 0.05) is 30.7 Å². The van der Waals surface area contributed by atoms with Crippen LogP contribution in [-0.2, 0) is 9.59 Å². The van der Waals surface area contributed by atoms with Crippen molar-refractivity contribution >= 4 is 52.0 Å². The minimum Gasteiger partial charge on any atom is -0.377 e. The molecule has 0 spiro atoms. The lowest BCUT2D eigenvalue weighted by Crippen LogP contribution is -2.31. The van der Waals surface area contributed by atoms with Crippen LogP contribution in [0.2, 0.25) is 0 Å². The Hall–Kier alpha value is -4.13. The van der Waals surface area contributed by atoms with Gasteiger partial charge in [-0.3, -0.25) is 29.8 Å². The monoisotopic (exact) mass is 442 g/mol. The maximum Gasteiger partial charge on any atom is 0.271 e. The second-order valence-corrected chi connectivity index (χ2v) is 7.41. The average molecular weight is 442 g/mol. The molecule has 31 heavy (non-hydrogen) atoms. The van der Waals surface area contributed by atoms with Gasteiger partial charge in [-0.1, -0.05) is 17.8 Å². The van der Waals surface area contributed by atoms with Gasteiger partial charge in [0.1, 0.15) is 5.25 Å². The number of nitrogens with two attached hydrogens (primary N) is 1. The van der Waals surface area contributed by atoms with Gasteiger partial charge in [-0.25, -0.2) is 4.90 Å². The number of nitrogens with zero attached hydrogens (tertiary/aromatic N) is 5. The minimum absolute atomic E-state index is 0.0616. The zero-order valence-electron chi connectivity index (χ0n) is 15.7. The summed E-state index contributed by atoms with van der Waals surface area (Å²) in [6, 6.07) is 10.8. The molecule has 12 nitrogen and oxygen atoms in total. The molecule has 1 aliphatic heterocycles. The number of hydrogen-bond acceptors (Lipinski definition) is 9. The van der Waals surface area contributed by atoms with Crippen LogP contribution in [0, 0.1) is 20.2 Å². The van der Waals surface area contributed by atoms with Crippen LogP contribution >= 0.6 is 11.8 Å². The molecule has 2 amide bonds. The highest BCUT2D eigenvalue weighted by molar-refractivity contribution is 8.14. The van der Waals surface area contributed by atoms with Crippen molar-refractivity contribution in [1.29, 1.82) is 0 Å². The molecule has 2 aromatic rings. The van der Waals surface area contributed by atoms with Crippen molar-refractivity contribution in [1.82, 2.24) is 0 Å². The van der Waals surface area contributed by atoms with Gasteiger partial charge >= 0.3 is 0 Å². The first-order valence-electron chi connectivity index (χ1n) is 8.65. The molecule has 2 aromatic carbocycles. The summed E-state index contributed by atoms with van der Waals surface area (Å²) in [5, 5.41) is 28.2. The molecule has 1 heterocycles. The van der Waals surface area contributed by atoms with E-state index in [-0.39, 0.29) is 28.7 Å². The zero-order chi connectivity index (χ0) is 22.5. The number of imide groups is 1. The van der Waals surface area contributed by atoms with Crippen molar-refractivity contribution in [2.75, 3.05) is 4.90 Å². The van der Waals surface area contributed by atoms with E-state index in [1.807, 2.05) is 0 Å². The Balaban J connectivity index is 1.66. The Morgan fingerprint density at radius 2 is 1.77 bits per heavy atom. The fourth-order valence-corrected chi connectivity index (χ4v) is 3.53. The Kier molecular flexibility index (Phi) is 6.35. The molecule has 13 heteroatoms. The maximum absolute atomic E-state index is 12.6. The second kappa shape index (κ2) is 9.13. The van der Waals surface area contributed by atoms with Gasteiger partial charge in [0.15, 0.2) is 5.17 Å². The van der Waals surface area contributed by atoms with Crippen LogP contribution in [-0.4, -0.2) is 38.3 Å². The van der Waals surface area contributed by atoms with Crippen molar-refractivity contribution in [3.63, 3.8) is 0 Å². The van der Waals surface area contributed by atoms with Crippen molar-refractivity contribution in [3.05, 3.63) is 74.3 Å². The van der Waals surface area contributed by atoms with Gasteiger partial charge in [-0.2, -0.15) is 5.10 Å². The number of thioether (sulfide) groups is 1. The van der Waals surface area contributed by atoms with Crippen LogP contribution in [0.5, 0.6) is 0 Å². The van der Waals surface area contributed by atoms with Gasteiger partial charge in [-0.05, 0) is 23.8 Å². The number of nitro groups is 2. The van der Waals surface area contributed by atoms with Crippen molar-refractivity contribution < 1.29 is 19.4 Å². The molecule has 0 saturated carbocycles. The zero-order valence-corrected chi connectivity index (χ0v) is 16.5. The summed E-state index contributed by atoms with van der Waals surface area (Å²) in [6.45, 7) is 0. The third kappa shape index (κ3) is 5.08. The topological polar surface area (TPSA) is 174 Å². The third-order valence-corrected chi connectivity index (χ3v) is 5.11. The number of benzene rings is 2. The number of nitro benzene ring substituents is 2. The first-order chi connectivity index (χ1) is 14.8. The van der Waals surface area contributed by atoms with Crippen molar-refractivity contribution in [3.8, 4) is 0 Å². The van der Waals surface area contributed by atoms with Crippen LogP contribution in [0.3, 0.4) is 0 Å². The molecule has 0 aliphatic carbocycles. The first-order valence-corrected chi connectivity index (χ1v) is 9.53. The van der Waals surface area contributed by atoms with Crippen LogP contribution < -0.4 is 10.6 Å². The Labute approximate surface area is 178 Å². The lowest BCUT2D eigenvalue weighted by Gasteiger charge is -2.14. The number of amidine groups is 1. The summed E-state index contributed by atoms with van der Waals surface area (Å²) in [5.41, 5.74) is 6.14. The van der Waals surface area contributed by atoms with E-state index in [1.165, 1.54) is 48.7 Å². The summed E-state index contributed by atoms with van der Waals surface area (Å²) in [7, 11) is 0. The summed E-state index contributed by atoms with van der Waals surface area (Å²) in [4.78, 5) is 46.2. The molecule has 1 fully saturated rings. The molecule has 3 rings (SSSR count). The number of non-ortho nitro benzene ring substituents is 2. The minimum atomic E-state index is -0.843. The number of anilines is 1. The first kappa shape index (κ1) is 21.6. The summed E-state index contributed by atoms with van der Waals surface area (Å²) < 4.78 is 0. The van der Waals surface area contributed by atoms with E-state index in [0.717, 1.165) is 22.7 Å². The summed E-state index contributed by atoms with van der Waals surface area (Å²) >= 11 is 0.848. The molecule has 0 aromatic heterocycles. The SMILES string of the molecule is N/C(=N\N=C\c1ccc([N+](=O)[O-])cc1)SC1CC(=O)N(c2cccc([N+](=O)[O-])c2)C1=O. The molecule has 0 radical (unpaired) electrons. The second-order valence-electron chi connectivity index (χ2n) is 6.19. The van der Waals surface area contributed by atoms with Crippen LogP contribution in [0.25, 0.3) is 0 Å². The highest BCUT2D eigenvalue weighted by Gasteiger charge is 2.41. The molecule has 1 saturated heterocycles. The van der Waals surface area contributed by atoms with E-state index >= 15 is 0 Å². The molecule has 2 N–H and O–H groups in total. The lowest BCUT2D eigenvalue weighted by molar-refractivity contribution is -0.385. The van der Waals surface area contributed by atoms with Crippen LogP contribution in [0.4, 0.5) is 17.1 Å². The molecule has 1 aliphatic rings. The molecule has 158 valence electrons. The molecular weight excluding hydrogens is 428 g/mol. The number of carbonyl (C=O) groups is 2. The van der Waals surface area contributed by atoms with E-state index < -0.39 is 26.9 Å². The fraction of sp³-hybridized carbons (Fsp3) is 0.111. The van der Waals surface area contributed by atoms with Crippen LogP contribution in [0.15, 0.2) is 58.7 Å². The standard InChI is InChI=1S/C18H14N6O6S/c19-18(21-20-10-11-4-6-12(7-5-11)23(27)28)31-15-9-16(25)22(17(15)26)13-2-1-3-14(8-13)24(29)30/h1-8,10,15H,9H2,(H2,19,21)/b20-10+. The van der Waals surface area contributed by atoms with E-state index in [0.29, 0.717) is 5.56 Å². The van der Waals surface area contributed by atoms with E-state index in [2.05, 4.69) is 10.2 Å². The van der Waals surface area contributed by atoms with Crippen molar-refractivity contribution in [2.24, 2.45) is 15.9 Å². The number of rotatable bonds is 6. The largest absolute Gasteiger partial charge is 0.377 e. The molecule has 1 atom stereocenters. The molecule has 1 unspecified atom stereocenters. The average Bonchev–Trinajstić information content (AvgIpc) is 3.01. The van der Waals surface area contributed by atoms with E-state index in [9.17, 15) is 29.8 Å². The molecular formula is C18H14N6O6S. The van der Waals surface area contributed by atoms with Gasteiger partial charge in [0.2, 0.25) is 11.8 Å². The predicted octanol–water partition coefficient (Wildman–Crippen LogP) is 2.22. The number of carbonyl (C=O) groups excluding carboxylic acids is 2. The number of hydrogen-bond donors (Lipinski definition) is 1. The summed E-state index contributed by atoms with van der Waals surface area (Å²) in [5.74, 6) is -1.07. The fourth-order valence-electron chi connectivity index (χ4n) is 2.72. The van der Waals surface area contributed by atoms with Crippen LogP contribution in [0.1, 0.15) is 12.0 Å². The maximum atomic E-state index is 12.6. The highest BCUT2D eigenvalue weighted by atomic mass is 32.2. The highest BCUT2D eigenvalue weighted by Crippen LogP contribution is 2.31. The van der Waals surface area contributed by atoms with Gasteiger partial charge in [0.25, 0.3) is 11.4 Å². The smallest absolute Gasteiger partial charge is 0.271 e. The normalized spacial score (nSPS) is 16.8. The quantitative estimate of drug-likeness (QED) is 0.233. The Bertz CT molecular complexity index is 1120. The van der Waals surface area contributed by atoms with Gasteiger partial charge < -0.3 is 5.73 Å². The number of amides is 2. The van der Waals surface area contributed by atoms with Gasteiger partial charge in [0.05, 0.1) is 21.7 Å². The van der Waals surface area contributed by atoms with Crippen molar-refractivity contribution in [2.45, 2.75) is 11.7 Å². The Morgan fingerprint density at radius 3 is 2.42 bits per heavy atom. The predicted molar refractivity (Wildman–Crippen MR) is 114 cm³/mol. The lowest BCUT2D eigenvalue weighted by atomic mass is 10.2. The van der Waals surface area contributed by atoms with Gasteiger partial charge in [-0.15, -0.1) is 5.10 Å². The van der Waals surface area contributed by atoms with E-state index in [4.69, 9.17) is 5.73 Å². The Morgan fingerprint density at radius 1 is 1.10 bits per heavy atom. The summed E-state index contributed by atoms with van der Waals surface area (Å²) in [6.07, 6.45) is 1.18. The van der Waals surface area contributed by atoms with E-state index in [1.54, 1.807) is 0 Å². The third-order valence-electron chi connectivity index (χ3n) is 4.13.